The lowest BCUT2D eigenvalue weighted by Crippen LogP contribution is -1.97. The van der Waals surface area contributed by atoms with Gasteiger partial charge in [-0.1, -0.05) is 146 Å². The summed E-state index contributed by atoms with van der Waals surface area (Å²) in [5.74, 6) is 1.22. The standard InChI is InChI=1S/C53H31N3O2/c1-2-13-36(14-3-1)53-56-44-28-30-48-50(51(44)58-53)49-42-21-10-22-43(40(42)27-29-47(49)57-48)52-54-45(31-46(55-52)41-20-9-16-33-12-5-7-18-39(33)41)35-25-23-34(24-26-35)38-19-8-15-32-11-4-6-17-37(32)38/h1-31H. The Morgan fingerprint density at radius 2 is 0.948 bits per heavy atom. The zero-order chi connectivity index (χ0) is 38.2. The van der Waals surface area contributed by atoms with Gasteiger partial charge < -0.3 is 8.83 Å². The molecule has 0 N–H and O–H groups in total. The van der Waals surface area contributed by atoms with Crippen molar-refractivity contribution in [3.63, 3.8) is 0 Å². The van der Waals surface area contributed by atoms with Gasteiger partial charge in [-0.2, -0.15) is 0 Å². The van der Waals surface area contributed by atoms with Crippen LogP contribution < -0.4 is 0 Å². The summed E-state index contributed by atoms with van der Waals surface area (Å²) in [6.45, 7) is 0. The van der Waals surface area contributed by atoms with Gasteiger partial charge in [-0.15, -0.1) is 0 Å². The number of furan rings is 1. The van der Waals surface area contributed by atoms with Crippen LogP contribution in [0.5, 0.6) is 0 Å². The molecule has 58 heavy (non-hydrogen) atoms. The first-order valence-electron chi connectivity index (χ1n) is 19.4. The normalized spacial score (nSPS) is 11.8. The highest BCUT2D eigenvalue weighted by Gasteiger charge is 2.21. The molecule has 0 aliphatic heterocycles. The van der Waals surface area contributed by atoms with Gasteiger partial charge >= 0.3 is 0 Å². The number of hydrogen-bond donors (Lipinski definition) is 0. The molecule has 0 amide bonds. The summed E-state index contributed by atoms with van der Waals surface area (Å²) in [7, 11) is 0. The molecule has 0 saturated heterocycles. The Labute approximate surface area is 332 Å². The van der Waals surface area contributed by atoms with E-state index in [1.165, 1.54) is 16.3 Å². The number of hydrogen-bond acceptors (Lipinski definition) is 5. The third kappa shape index (κ3) is 5.14. The van der Waals surface area contributed by atoms with Gasteiger partial charge in [0.15, 0.2) is 11.4 Å². The number of rotatable bonds is 5. The van der Waals surface area contributed by atoms with E-state index in [1.807, 2.05) is 48.5 Å². The molecule has 3 heterocycles. The SMILES string of the molecule is c1ccc(-c2nc3ccc4oc5ccc6c(-c7nc(-c8ccc(-c9cccc%10ccccc9%10)cc8)cc(-c8cccc9ccccc89)n7)cccc6c5c4c3o2)cc1. The molecule has 0 radical (unpaired) electrons. The summed E-state index contributed by atoms with van der Waals surface area (Å²) in [5.41, 5.74) is 11.0. The number of benzene rings is 9. The number of nitrogens with zero attached hydrogens (tertiary/aromatic N) is 3. The van der Waals surface area contributed by atoms with Crippen molar-refractivity contribution in [3.8, 4) is 56.5 Å². The Morgan fingerprint density at radius 3 is 1.76 bits per heavy atom. The minimum Gasteiger partial charge on any atom is -0.456 e. The zero-order valence-corrected chi connectivity index (χ0v) is 31.1. The summed E-state index contributed by atoms with van der Waals surface area (Å²) in [4.78, 5) is 15.6. The molecule has 3 aromatic heterocycles. The van der Waals surface area contributed by atoms with Gasteiger partial charge in [-0.3, -0.25) is 0 Å². The molecule has 0 atom stereocenters. The molecule has 12 rings (SSSR count). The highest BCUT2D eigenvalue weighted by atomic mass is 16.4. The van der Waals surface area contributed by atoms with Crippen molar-refractivity contribution in [3.05, 3.63) is 188 Å². The molecule has 0 unspecified atom stereocenters. The van der Waals surface area contributed by atoms with Gasteiger partial charge in [0.1, 0.15) is 16.7 Å². The van der Waals surface area contributed by atoms with Gasteiger partial charge in [-0.05, 0) is 85.9 Å². The van der Waals surface area contributed by atoms with Gasteiger partial charge in [0, 0.05) is 27.6 Å². The van der Waals surface area contributed by atoms with Gasteiger partial charge in [0.05, 0.1) is 16.8 Å². The van der Waals surface area contributed by atoms with Crippen LogP contribution in [-0.4, -0.2) is 15.0 Å². The number of aromatic nitrogens is 3. The maximum atomic E-state index is 6.52. The smallest absolute Gasteiger partial charge is 0.227 e. The highest BCUT2D eigenvalue weighted by Crippen LogP contribution is 2.42. The minimum atomic E-state index is 0.578. The van der Waals surface area contributed by atoms with Crippen LogP contribution in [-0.2, 0) is 0 Å². The van der Waals surface area contributed by atoms with E-state index in [4.69, 9.17) is 23.8 Å². The molecule has 0 aliphatic carbocycles. The van der Waals surface area contributed by atoms with Crippen molar-refractivity contribution in [2.75, 3.05) is 0 Å². The lowest BCUT2D eigenvalue weighted by Gasteiger charge is -2.13. The highest BCUT2D eigenvalue weighted by molar-refractivity contribution is 6.26. The average Bonchev–Trinajstić information content (AvgIpc) is 3.91. The van der Waals surface area contributed by atoms with E-state index in [0.717, 1.165) is 88.2 Å². The van der Waals surface area contributed by atoms with Crippen molar-refractivity contribution < 1.29 is 8.83 Å². The van der Waals surface area contributed by atoms with Gasteiger partial charge in [0.25, 0.3) is 0 Å². The monoisotopic (exact) mass is 741 g/mol. The second kappa shape index (κ2) is 12.8. The topological polar surface area (TPSA) is 65.0 Å². The molecule has 0 saturated carbocycles. The van der Waals surface area contributed by atoms with Crippen molar-refractivity contribution in [1.82, 2.24) is 15.0 Å². The summed E-state index contributed by atoms with van der Waals surface area (Å²) in [6.07, 6.45) is 0. The molecule has 0 fully saturated rings. The Hall–Kier alpha value is -7.89. The second-order valence-electron chi connectivity index (χ2n) is 14.7. The van der Waals surface area contributed by atoms with E-state index in [1.54, 1.807) is 0 Å². The average molecular weight is 742 g/mol. The van der Waals surface area contributed by atoms with Crippen molar-refractivity contribution >= 4 is 65.4 Å². The van der Waals surface area contributed by atoms with Crippen LogP contribution >= 0.6 is 0 Å². The molecular formula is C53H31N3O2. The molecule has 5 nitrogen and oxygen atoms in total. The quantitative estimate of drug-likeness (QED) is 0.176. The Balaban J connectivity index is 1.06. The van der Waals surface area contributed by atoms with Crippen LogP contribution in [0.1, 0.15) is 0 Å². The van der Waals surface area contributed by atoms with Crippen LogP contribution in [0.15, 0.2) is 197 Å². The Bertz CT molecular complexity index is 3560. The number of oxazole rings is 1. The third-order valence-electron chi connectivity index (χ3n) is 11.3. The second-order valence-corrected chi connectivity index (χ2v) is 14.7. The predicted molar refractivity (Wildman–Crippen MR) is 237 cm³/mol. The first-order chi connectivity index (χ1) is 28.7. The molecule has 270 valence electrons. The van der Waals surface area contributed by atoms with E-state index < -0.39 is 0 Å². The fourth-order valence-corrected chi connectivity index (χ4v) is 8.59. The first kappa shape index (κ1) is 32.4. The van der Waals surface area contributed by atoms with Gasteiger partial charge in [0.2, 0.25) is 5.89 Å². The van der Waals surface area contributed by atoms with E-state index in [9.17, 15) is 0 Å². The lowest BCUT2D eigenvalue weighted by atomic mass is 9.96. The van der Waals surface area contributed by atoms with E-state index in [2.05, 4.69) is 140 Å². The fourth-order valence-electron chi connectivity index (χ4n) is 8.59. The molecular weight excluding hydrogens is 711 g/mol. The molecule has 9 aromatic carbocycles. The molecule has 5 heteroatoms. The Morgan fingerprint density at radius 1 is 0.345 bits per heavy atom. The summed E-state index contributed by atoms with van der Waals surface area (Å²) >= 11 is 0. The summed E-state index contributed by atoms with van der Waals surface area (Å²) < 4.78 is 13.0. The maximum Gasteiger partial charge on any atom is 0.227 e. The molecule has 0 bridgehead atoms. The van der Waals surface area contributed by atoms with Crippen molar-refractivity contribution in [2.24, 2.45) is 0 Å². The van der Waals surface area contributed by atoms with Crippen molar-refractivity contribution in [2.45, 2.75) is 0 Å². The predicted octanol–water partition coefficient (Wildman–Crippen LogP) is 14.3. The largest absolute Gasteiger partial charge is 0.456 e. The summed E-state index contributed by atoms with van der Waals surface area (Å²) in [6, 6.07) is 65.2. The first-order valence-corrected chi connectivity index (χ1v) is 19.4. The van der Waals surface area contributed by atoms with E-state index >= 15 is 0 Å². The minimum absolute atomic E-state index is 0.578. The van der Waals surface area contributed by atoms with Crippen LogP contribution in [0.25, 0.3) is 122 Å². The molecule has 0 spiro atoms. The number of fused-ring (bicyclic) bond motifs is 9. The van der Waals surface area contributed by atoms with E-state index in [0.29, 0.717) is 17.3 Å². The van der Waals surface area contributed by atoms with Gasteiger partial charge in [-0.25, -0.2) is 15.0 Å². The third-order valence-corrected chi connectivity index (χ3v) is 11.3. The van der Waals surface area contributed by atoms with E-state index in [-0.39, 0.29) is 0 Å². The zero-order valence-electron chi connectivity index (χ0n) is 31.1. The maximum absolute atomic E-state index is 6.52. The summed E-state index contributed by atoms with van der Waals surface area (Å²) in [5, 5.41) is 8.69. The van der Waals surface area contributed by atoms with Crippen LogP contribution in [0.2, 0.25) is 0 Å². The molecule has 12 aromatic rings. The fraction of sp³-hybridized carbons (Fsp3) is 0. The lowest BCUT2D eigenvalue weighted by molar-refractivity contribution is 0.622. The Kier molecular flexibility index (Phi) is 7.16. The molecule has 0 aliphatic rings. The van der Waals surface area contributed by atoms with Crippen LogP contribution in [0, 0.1) is 0 Å². The van der Waals surface area contributed by atoms with Crippen LogP contribution in [0.4, 0.5) is 0 Å². The van der Waals surface area contributed by atoms with Crippen molar-refractivity contribution in [1.29, 1.82) is 0 Å². The van der Waals surface area contributed by atoms with Crippen LogP contribution in [0.3, 0.4) is 0 Å².